The van der Waals surface area contributed by atoms with E-state index in [4.69, 9.17) is 4.74 Å². The predicted octanol–water partition coefficient (Wildman–Crippen LogP) is 4.71. The number of likely N-dealkylation sites (tertiary alicyclic amines) is 1. The summed E-state index contributed by atoms with van der Waals surface area (Å²) >= 11 is 1.23. The minimum Gasteiger partial charge on any atom is -0.465 e. The number of hydrogen-bond donors (Lipinski definition) is 0. The van der Waals surface area contributed by atoms with Gasteiger partial charge in [0, 0.05) is 24.4 Å². The highest BCUT2D eigenvalue weighted by atomic mass is 32.1. The van der Waals surface area contributed by atoms with Crippen LogP contribution in [0.5, 0.6) is 0 Å². The number of anilines is 1. The first kappa shape index (κ1) is 25.3. The number of esters is 1. The third kappa shape index (κ3) is 5.78. The van der Waals surface area contributed by atoms with Crippen LogP contribution in [0.4, 0.5) is 5.69 Å². The van der Waals surface area contributed by atoms with Gasteiger partial charge in [-0.3, -0.25) is 14.5 Å². The Morgan fingerprint density at radius 3 is 2.42 bits per heavy atom. The van der Waals surface area contributed by atoms with Gasteiger partial charge in [0.05, 0.1) is 17.7 Å². The summed E-state index contributed by atoms with van der Waals surface area (Å²) in [4.78, 5) is 44.2. The summed E-state index contributed by atoms with van der Waals surface area (Å²) in [6.45, 7) is 11.4. The minimum absolute atomic E-state index is 0.0561. The van der Waals surface area contributed by atoms with Crippen LogP contribution in [0.25, 0.3) is 0 Å². The number of thiophene rings is 1. The van der Waals surface area contributed by atoms with E-state index in [0.29, 0.717) is 40.9 Å². The molecule has 2 amide bonds. The Hall–Kier alpha value is -2.33. The van der Waals surface area contributed by atoms with Gasteiger partial charge in [0.15, 0.2) is 0 Å². The molecule has 1 aromatic heterocycles. The number of rotatable bonds is 5. The Morgan fingerprint density at radius 2 is 1.88 bits per heavy atom. The zero-order chi connectivity index (χ0) is 24.3. The molecule has 1 atom stereocenters. The number of carbonyl (C=O) groups is 3. The highest BCUT2D eigenvalue weighted by Crippen LogP contribution is 2.38. The second kappa shape index (κ2) is 10.3. The maximum Gasteiger partial charge on any atom is 0.350 e. The van der Waals surface area contributed by atoms with Gasteiger partial charge in [0.25, 0.3) is 0 Å². The van der Waals surface area contributed by atoms with Gasteiger partial charge < -0.3 is 9.64 Å². The van der Waals surface area contributed by atoms with Crippen LogP contribution in [0, 0.1) is 29.1 Å². The van der Waals surface area contributed by atoms with Gasteiger partial charge in [-0.15, -0.1) is 11.3 Å². The van der Waals surface area contributed by atoms with Crippen LogP contribution in [-0.4, -0.2) is 48.9 Å². The third-order valence-electron chi connectivity index (χ3n) is 6.47. The smallest absolute Gasteiger partial charge is 0.350 e. The standard InChI is InChI=1S/C26H36N2O4S/c1-7-27-15-13-20(24(27)30)28(23(29)18-10-8-17(2)9-11-18)21-16-19(12-14-26(3,4)5)33-22(21)25(31)32-6/h16-18,20H,7-11,13,15H2,1-6H3/t17-,18-,20-/m0/s1. The molecular weight excluding hydrogens is 436 g/mol. The van der Waals surface area contributed by atoms with E-state index in [2.05, 4.69) is 18.8 Å². The normalized spacial score (nSPS) is 23.2. The number of likely N-dealkylation sites (N-methyl/N-ethyl adjacent to an activating group) is 1. The lowest BCUT2D eigenvalue weighted by Gasteiger charge is -2.34. The topological polar surface area (TPSA) is 66.9 Å². The Bertz CT molecular complexity index is 957. The number of methoxy groups -OCH3 is 1. The molecule has 1 saturated heterocycles. The monoisotopic (exact) mass is 472 g/mol. The average molecular weight is 473 g/mol. The van der Waals surface area contributed by atoms with Crippen molar-refractivity contribution in [3.8, 4) is 11.8 Å². The van der Waals surface area contributed by atoms with Crippen LogP contribution in [0.3, 0.4) is 0 Å². The lowest BCUT2D eigenvalue weighted by Crippen LogP contribution is -2.48. The zero-order valence-electron chi connectivity index (χ0n) is 20.7. The van der Waals surface area contributed by atoms with Gasteiger partial charge in [0.2, 0.25) is 11.8 Å². The fraction of sp³-hybridized carbons (Fsp3) is 0.654. The number of amides is 2. The Labute approximate surface area is 201 Å². The molecule has 0 unspecified atom stereocenters. The van der Waals surface area contributed by atoms with Crippen molar-refractivity contribution in [3.05, 3.63) is 15.8 Å². The van der Waals surface area contributed by atoms with E-state index >= 15 is 0 Å². The molecule has 180 valence electrons. The van der Waals surface area contributed by atoms with Crippen LogP contribution >= 0.6 is 11.3 Å². The van der Waals surface area contributed by atoms with Gasteiger partial charge in [0.1, 0.15) is 10.9 Å². The van der Waals surface area contributed by atoms with Crippen LogP contribution < -0.4 is 4.90 Å². The van der Waals surface area contributed by atoms with Crippen molar-refractivity contribution in [2.24, 2.45) is 17.3 Å². The van der Waals surface area contributed by atoms with Crippen LogP contribution in [0.2, 0.25) is 0 Å². The SMILES string of the molecule is CCN1CC[C@H](N(c2cc(C#CC(C)(C)C)sc2C(=O)OC)C(=O)[C@H]2CC[C@H](C)CC2)C1=O. The van der Waals surface area contributed by atoms with Crippen molar-refractivity contribution in [2.45, 2.75) is 72.8 Å². The lowest BCUT2D eigenvalue weighted by molar-refractivity contribution is -0.132. The molecule has 1 saturated carbocycles. The van der Waals surface area contributed by atoms with Gasteiger partial charge in [-0.1, -0.05) is 18.8 Å². The summed E-state index contributed by atoms with van der Waals surface area (Å²) in [5.41, 5.74) is 0.261. The molecule has 0 bridgehead atoms. The van der Waals surface area contributed by atoms with Crippen LogP contribution in [0.15, 0.2) is 6.07 Å². The molecule has 0 aromatic carbocycles. The summed E-state index contributed by atoms with van der Waals surface area (Å²) in [5, 5.41) is 0. The van der Waals surface area contributed by atoms with Gasteiger partial charge in [-0.2, -0.15) is 0 Å². The number of nitrogens with zero attached hydrogens (tertiary/aromatic N) is 2. The molecule has 0 radical (unpaired) electrons. The summed E-state index contributed by atoms with van der Waals surface area (Å²) in [6, 6.07) is 1.19. The molecule has 0 N–H and O–H groups in total. The number of carbonyl (C=O) groups excluding carboxylic acids is 3. The van der Waals surface area contributed by atoms with E-state index in [1.165, 1.54) is 18.4 Å². The van der Waals surface area contributed by atoms with E-state index in [-0.39, 0.29) is 23.1 Å². The summed E-state index contributed by atoms with van der Waals surface area (Å²) in [7, 11) is 1.33. The van der Waals surface area contributed by atoms with Crippen molar-refractivity contribution in [1.29, 1.82) is 0 Å². The van der Waals surface area contributed by atoms with Gasteiger partial charge >= 0.3 is 5.97 Å². The van der Waals surface area contributed by atoms with Gasteiger partial charge in [-0.05, 0) is 71.8 Å². The van der Waals surface area contributed by atoms with E-state index in [9.17, 15) is 14.4 Å². The molecule has 1 aliphatic carbocycles. The van der Waals surface area contributed by atoms with Crippen molar-refractivity contribution in [1.82, 2.24) is 4.90 Å². The second-order valence-electron chi connectivity index (χ2n) is 10.2. The van der Waals surface area contributed by atoms with Crippen molar-refractivity contribution in [2.75, 3.05) is 25.1 Å². The predicted molar refractivity (Wildman–Crippen MR) is 131 cm³/mol. The molecule has 1 aliphatic heterocycles. The minimum atomic E-state index is -0.599. The van der Waals surface area contributed by atoms with E-state index in [1.54, 1.807) is 15.9 Å². The molecule has 0 spiro atoms. The number of hydrogen-bond acceptors (Lipinski definition) is 5. The molecule has 2 aliphatic rings. The van der Waals surface area contributed by atoms with E-state index < -0.39 is 12.0 Å². The van der Waals surface area contributed by atoms with Crippen LogP contribution in [-0.2, 0) is 14.3 Å². The molecule has 2 heterocycles. The fourth-order valence-corrected chi connectivity index (χ4v) is 5.45. The van der Waals surface area contributed by atoms with Crippen LogP contribution in [0.1, 0.15) is 81.3 Å². The molecule has 6 nitrogen and oxygen atoms in total. The highest BCUT2D eigenvalue weighted by Gasteiger charge is 2.42. The quantitative estimate of drug-likeness (QED) is 0.460. The van der Waals surface area contributed by atoms with E-state index in [1.807, 2.05) is 27.7 Å². The average Bonchev–Trinajstić information content (AvgIpc) is 3.36. The maximum atomic E-state index is 13.9. The summed E-state index contributed by atoms with van der Waals surface area (Å²) < 4.78 is 5.05. The molecule has 33 heavy (non-hydrogen) atoms. The second-order valence-corrected chi connectivity index (χ2v) is 11.3. The van der Waals surface area contributed by atoms with Gasteiger partial charge in [-0.25, -0.2) is 4.79 Å². The molecule has 7 heteroatoms. The Balaban J connectivity index is 2.08. The summed E-state index contributed by atoms with van der Waals surface area (Å²) in [6.07, 6.45) is 4.17. The van der Waals surface area contributed by atoms with Crippen molar-refractivity contribution in [3.63, 3.8) is 0 Å². The molecule has 2 fully saturated rings. The van der Waals surface area contributed by atoms with Crippen molar-refractivity contribution >= 4 is 34.8 Å². The summed E-state index contributed by atoms with van der Waals surface area (Å²) in [5.74, 6) is 6.20. The Morgan fingerprint density at radius 1 is 1.21 bits per heavy atom. The first-order valence-corrected chi connectivity index (χ1v) is 12.7. The number of ether oxygens (including phenoxy) is 1. The third-order valence-corrected chi connectivity index (χ3v) is 7.49. The highest BCUT2D eigenvalue weighted by molar-refractivity contribution is 7.15. The van der Waals surface area contributed by atoms with Crippen molar-refractivity contribution < 1.29 is 19.1 Å². The fourth-order valence-electron chi connectivity index (χ4n) is 4.53. The Kier molecular flexibility index (Phi) is 7.89. The largest absolute Gasteiger partial charge is 0.465 e. The molecular formula is C26H36N2O4S. The van der Waals surface area contributed by atoms with E-state index in [0.717, 1.165) is 25.7 Å². The zero-order valence-corrected chi connectivity index (χ0v) is 21.5. The molecule has 1 aromatic rings. The molecule has 3 rings (SSSR count). The lowest BCUT2D eigenvalue weighted by atomic mass is 9.82. The first-order valence-electron chi connectivity index (χ1n) is 11.9. The maximum absolute atomic E-state index is 13.9. The first-order chi connectivity index (χ1) is 15.6.